The summed E-state index contributed by atoms with van der Waals surface area (Å²) in [7, 11) is 0. The fourth-order valence-corrected chi connectivity index (χ4v) is 2.38. The lowest BCUT2D eigenvalue weighted by molar-refractivity contribution is 0.0585. The van der Waals surface area contributed by atoms with Gasteiger partial charge in [0.1, 0.15) is 0 Å². The van der Waals surface area contributed by atoms with E-state index in [4.69, 9.17) is 4.74 Å². The van der Waals surface area contributed by atoms with Crippen LogP contribution in [-0.4, -0.2) is 30.9 Å². The lowest BCUT2D eigenvalue weighted by Gasteiger charge is -2.14. The normalized spacial score (nSPS) is 18.1. The third-order valence-corrected chi connectivity index (χ3v) is 3.46. The molecule has 0 aromatic heterocycles. The van der Waals surface area contributed by atoms with E-state index in [0.717, 1.165) is 18.7 Å². The van der Waals surface area contributed by atoms with Gasteiger partial charge in [-0.1, -0.05) is 43.2 Å². The summed E-state index contributed by atoms with van der Waals surface area (Å²) < 4.78 is 5.75. The van der Waals surface area contributed by atoms with Gasteiger partial charge in [0.2, 0.25) is 0 Å². The van der Waals surface area contributed by atoms with Crippen LogP contribution in [0.1, 0.15) is 37.4 Å². The van der Waals surface area contributed by atoms with Crippen molar-refractivity contribution in [3.05, 3.63) is 35.9 Å². The Morgan fingerprint density at radius 3 is 2.67 bits per heavy atom. The Kier molecular flexibility index (Phi) is 5.65. The van der Waals surface area contributed by atoms with Crippen LogP contribution in [-0.2, 0) is 4.74 Å². The molecule has 0 bridgehead atoms. The molecule has 0 saturated heterocycles. The third kappa shape index (κ3) is 4.41. The molecule has 1 atom stereocenters. The van der Waals surface area contributed by atoms with Crippen molar-refractivity contribution >= 4 is 0 Å². The van der Waals surface area contributed by atoms with Crippen LogP contribution in [0.15, 0.2) is 30.3 Å². The quantitative estimate of drug-likeness (QED) is 0.728. The predicted octanol–water partition coefficient (Wildman–Crippen LogP) is 2.27. The van der Waals surface area contributed by atoms with Gasteiger partial charge >= 0.3 is 0 Å². The van der Waals surface area contributed by atoms with E-state index in [1.54, 1.807) is 0 Å². The van der Waals surface area contributed by atoms with E-state index in [2.05, 4.69) is 5.32 Å². The average Bonchev–Trinajstić information content (AvgIpc) is 2.92. The number of nitrogens with one attached hydrogen (secondary N) is 1. The molecule has 0 spiro atoms. The van der Waals surface area contributed by atoms with E-state index < -0.39 is 6.10 Å². The van der Waals surface area contributed by atoms with Crippen molar-refractivity contribution in [3.63, 3.8) is 0 Å². The molecule has 0 amide bonds. The fraction of sp³-hybridized carbons (Fsp3) is 0.600. The Hall–Kier alpha value is -0.900. The summed E-state index contributed by atoms with van der Waals surface area (Å²) >= 11 is 0. The van der Waals surface area contributed by atoms with Crippen molar-refractivity contribution in [1.82, 2.24) is 5.32 Å². The maximum atomic E-state index is 9.93. The van der Waals surface area contributed by atoms with Crippen LogP contribution < -0.4 is 5.32 Å². The number of hydrogen-bond donors (Lipinski definition) is 2. The van der Waals surface area contributed by atoms with Crippen molar-refractivity contribution in [2.45, 2.75) is 37.9 Å². The summed E-state index contributed by atoms with van der Waals surface area (Å²) in [5, 5.41) is 13.2. The Bertz CT molecular complexity index is 323. The maximum Gasteiger partial charge on any atom is 0.0914 e. The summed E-state index contributed by atoms with van der Waals surface area (Å²) in [6.07, 6.45) is 5.10. The SMILES string of the molecule is OC(CNCCOC1CCCC1)c1ccccc1. The van der Waals surface area contributed by atoms with Crippen LogP contribution >= 0.6 is 0 Å². The standard InChI is InChI=1S/C15H23NO2/c17-15(13-6-2-1-3-7-13)12-16-10-11-18-14-8-4-5-9-14/h1-3,6-7,14-17H,4-5,8-12H2. The molecule has 0 radical (unpaired) electrons. The lowest BCUT2D eigenvalue weighted by atomic mass is 10.1. The van der Waals surface area contributed by atoms with Gasteiger partial charge in [-0.3, -0.25) is 0 Å². The van der Waals surface area contributed by atoms with Gasteiger partial charge in [0, 0.05) is 13.1 Å². The second-order valence-electron chi connectivity index (χ2n) is 4.91. The smallest absolute Gasteiger partial charge is 0.0914 e. The van der Waals surface area contributed by atoms with Crippen molar-refractivity contribution < 1.29 is 9.84 Å². The van der Waals surface area contributed by atoms with Gasteiger partial charge in [-0.05, 0) is 18.4 Å². The molecule has 1 saturated carbocycles. The molecule has 0 aliphatic heterocycles. The molecule has 1 unspecified atom stereocenters. The van der Waals surface area contributed by atoms with Crippen LogP contribution in [0.4, 0.5) is 0 Å². The molecule has 1 aromatic rings. The number of benzene rings is 1. The lowest BCUT2D eigenvalue weighted by Crippen LogP contribution is -2.26. The van der Waals surface area contributed by atoms with Gasteiger partial charge in [-0.2, -0.15) is 0 Å². The molecule has 1 aromatic carbocycles. The highest BCUT2D eigenvalue weighted by atomic mass is 16.5. The van der Waals surface area contributed by atoms with Gasteiger partial charge in [-0.25, -0.2) is 0 Å². The van der Waals surface area contributed by atoms with E-state index in [0.29, 0.717) is 12.6 Å². The van der Waals surface area contributed by atoms with E-state index in [1.807, 2.05) is 30.3 Å². The van der Waals surface area contributed by atoms with Crippen molar-refractivity contribution in [1.29, 1.82) is 0 Å². The third-order valence-electron chi connectivity index (χ3n) is 3.46. The molecule has 2 rings (SSSR count). The molecule has 100 valence electrons. The van der Waals surface area contributed by atoms with E-state index in [9.17, 15) is 5.11 Å². The van der Waals surface area contributed by atoms with E-state index in [1.165, 1.54) is 25.7 Å². The van der Waals surface area contributed by atoms with Crippen molar-refractivity contribution in [2.75, 3.05) is 19.7 Å². The topological polar surface area (TPSA) is 41.5 Å². The number of ether oxygens (including phenoxy) is 1. The maximum absolute atomic E-state index is 9.93. The van der Waals surface area contributed by atoms with Crippen molar-refractivity contribution in [2.24, 2.45) is 0 Å². The summed E-state index contributed by atoms with van der Waals surface area (Å²) in [4.78, 5) is 0. The molecule has 3 heteroatoms. The highest BCUT2D eigenvalue weighted by Gasteiger charge is 2.14. The number of aliphatic hydroxyl groups excluding tert-OH is 1. The van der Waals surface area contributed by atoms with Crippen LogP contribution in [0.3, 0.4) is 0 Å². The highest BCUT2D eigenvalue weighted by molar-refractivity contribution is 5.17. The first-order valence-electron chi connectivity index (χ1n) is 6.91. The molecule has 1 fully saturated rings. The highest BCUT2D eigenvalue weighted by Crippen LogP contribution is 2.20. The van der Waals surface area contributed by atoms with Crippen molar-refractivity contribution in [3.8, 4) is 0 Å². The summed E-state index contributed by atoms with van der Waals surface area (Å²) in [6, 6.07) is 9.74. The molecule has 1 aliphatic carbocycles. The Balaban J connectivity index is 1.55. The molecule has 2 N–H and O–H groups in total. The largest absolute Gasteiger partial charge is 0.387 e. The second-order valence-corrected chi connectivity index (χ2v) is 4.91. The van der Waals surface area contributed by atoms with Gasteiger partial charge < -0.3 is 15.2 Å². The van der Waals surface area contributed by atoms with Crippen LogP contribution in [0.2, 0.25) is 0 Å². The van der Waals surface area contributed by atoms with Gasteiger partial charge in [0.05, 0.1) is 18.8 Å². The molecular weight excluding hydrogens is 226 g/mol. The minimum absolute atomic E-state index is 0.433. The Morgan fingerprint density at radius 2 is 1.94 bits per heavy atom. The summed E-state index contributed by atoms with van der Waals surface area (Å²) in [5.74, 6) is 0. The predicted molar refractivity (Wildman–Crippen MR) is 72.5 cm³/mol. The molecular formula is C15H23NO2. The number of rotatable bonds is 7. The first-order valence-corrected chi connectivity index (χ1v) is 6.91. The molecule has 1 aliphatic rings. The first kappa shape index (κ1) is 13.5. The number of hydrogen-bond acceptors (Lipinski definition) is 3. The minimum Gasteiger partial charge on any atom is -0.387 e. The van der Waals surface area contributed by atoms with Gasteiger partial charge in [-0.15, -0.1) is 0 Å². The van der Waals surface area contributed by atoms with Gasteiger partial charge in [0.25, 0.3) is 0 Å². The molecule has 18 heavy (non-hydrogen) atoms. The monoisotopic (exact) mass is 249 g/mol. The second kappa shape index (κ2) is 7.52. The average molecular weight is 249 g/mol. The number of aliphatic hydroxyl groups is 1. The molecule has 3 nitrogen and oxygen atoms in total. The minimum atomic E-state index is -0.433. The van der Waals surface area contributed by atoms with Crippen LogP contribution in [0.5, 0.6) is 0 Å². The zero-order chi connectivity index (χ0) is 12.6. The van der Waals surface area contributed by atoms with Gasteiger partial charge in [0.15, 0.2) is 0 Å². The molecule has 0 heterocycles. The summed E-state index contributed by atoms with van der Waals surface area (Å²) in [5.41, 5.74) is 0.960. The Labute approximate surface area is 109 Å². The fourth-order valence-electron chi connectivity index (χ4n) is 2.38. The zero-order valence-electron chi connectivity index (χ0n) is 10.8. The van der Waals surface area contributed by atoms with Crippen LogP contribution in [0.25, 0.3) is 0 Å². The first-order chi connectivity index (χ1) is 8.86. The summed E-state index contributed by atoms with van der Waals surface area (Å²) in [6.45, 7) is 2.13. The van der Waals surface area contributed by atoms with Crippen LogP contribution in [0, 0.1) is 0 Å². The van der Waals surface area contributed by atoms with E-state index >= 15 is 0 Å². The Morgan fingerprint density at radius 1 is 1.22 bits per heavy atom. The van der Waals surface area contributed by atoms with E-state index in [-0.39, 0.29) is 0 Å². The zero-order valence-corrected chi connectivity index (χ0v) is 10.8.